The van der Waals surface area contributed by atoms with Gasteiger partial charge in [0.25, 0.3) is 0 Å². The monoisotopic (exact) mass is 248 g/mol. The molecular weight excluding hydrogens is 224 g/mol. The summed E-state index contributed by atoms with van der Waals surface area (Å²) in [6.07, 6.45) is 2.34. The molecule has 1 saturated heterocycles. The second-order valence-electron chi connectivity index (χ2n) is 5.00. The van der Waals surface area contributed by atoms with E-state index in [9.17, 15) is 0 Å². The molecule has 1 heterocycles. The Bertz CT molecular complexity index is 363. The van der Waals surface area contributed by atoms with E-state index >= 15 is 0 Å². The van der Waals surface area contributed by atoms with Crippen molar-refractivity contribution in [1.29, 1.82) is 0 Å². The Balaban J connectivity index is 0.000000574. The number of hydrogen-bond acceptors (Lipinski definition) is 2. The molecule has 1 aliphatic heterocycles. The van der Waals surface area contributed by atoms with Crippen LogP contribution in [0.3, 0.4) is 0 Å². The van der Waals surface area contributed by atoms with E-state index in [1.807, 2.05) is 32.0 Å². The lowest BCUT2D eigenvalue weighted by Crippen LogP contribution is -2.12. The molecule has 3 rings (SSSR count). The lowest BCUT2D eigenvalue weighted by atomic mass is 10.0. The summed E-state index contributed by atoms with van der Waals surface area (Å²) in [5.41, 5.74) is 1.57. The van der Waals surface area contributed by atoms with Gasteiger partial charge >= 0.3 is 0 Å². The highest BCUT2D eigenvalue weighted by Crippen LogP contribution is 2.57. The second kappa shape index (κ2) is 5.85. The predicted octanol–water partition coefficient (Wildman–Crippen LogP) is 4.17. The summed E-state index contributed by atoms with van der Waals surface area (Å²) in [6.45, 7) is 7.97. The van der Waals surface area contributed by atoms with E-state index in [4.69, 9.17) is 9.47 Å². The van der Waals surface area contributed by atoms with E-state index in [-0.39, 0.29) is 6.29 Å². The van der Waals surface area contributed by atoms with Crippen molar-refractivity contribution in [2.24, 2.45) is 11.3 Å². The highest BCUT2D eigenvalue weighted by atomic mass is 16.7. The first-order valence-corrected chi connectivity index (χ1v) is 7.12. The number of hydrogen-bond donors (Lipinski definition) is 0. The molecule has 2 nitrogen and oxygen atoms in total. The molecule has 2 aliphatic rings. The van der Waals surface area contributed by atoms with Crippen molar-refractivity contribution in [3.63, 3.8) is 0 Å². The summed E-state index contributed by atoms with van der Waals surface area (Å²) in [5, 5.41) is 0. The maximum Gasteiger partial charge on any atom is 0.183 e. The molecule has 0 aromatic heterocycles. The van der Waals surface area contributed by atoms with E-state index in [0.717, 1.165) is 24.7 Å². The summed E-state index contributed by atoms with van der Waals surface area (Å²) in [5.74, 6) is 0.728. The van der Waals surface area contributed by atoms with E-state index in [1.165, 1.54) is 12.8 Å². The lowest BCUT2D eigenvalue weighted by molar-refractivity contribution is -0.141. The minimum atomic E-state index is -0.155. The average molecular weight is 248 g/mol. The number of fused-ring (bicyclic) bond motifs is 1. The lowest BCUT2D eigenvalue weighted by Gasteiger charge is -2.18. The molecule has 3 atom stereocenters. The number of ether oxygens (including phenoxy) is 2. The van der Waals surface area contributed by atoms with Gasteiger partial charge in [-0.05, 0) is 24.2 Å². The summed E-state index contributed by atoms with van der Waals surface area (Å²) in [6, 6.07) is 10.2. The zero-order valence-corrected chi connectivity index (χ0v) is 11.7. The van der Waals surface area contributed by atoms with E-state index < -0.39 is 0 Å². The van der Waals surface area contributed by atoms with Crippen LogP contribution in [0.15, 0.2) is 30.3 Å². The fourth-order valence-corrected chi connectivity index (χ4v) is 2.68. The van der Waals surface area contributed by atoms with Crippen molar-refractivity contribution in [2.45, 2.75) is 39.9 Å². The van der Waals surface area contributed by atoms with E-state index in [2.05, 4.69) is 19.1 Å². The van der Waals surface area contributed by atoms with Crippen molar-refractivity contribution < 1.29 is 9.47 Å². The molecule has 1 saturated carbocycles. The first-order valence-electron chi connectivity index (χ1n) is 7.12. The Labute approximate surface area is 110 Å². The molecule has 18 heavy (non-hydrogen) atoms. The molecule has 2 heteroatoms. The van der Waals surface area contributed by atoms with Gasteiger partial charge in [-0.2, -0.15) is 0 Å². The quantitative estimate of drug-likeness (QED) is 0.782. The summed E-state index contributed by atoms with van der Waals surface area (Å²) >= 11 is 0. The smallest absolute Gasteiger partial charge is 0.183 e. The maximum absolute atomic E-state index is 5.91. The van der Waals surface area contributed by atoms with Crippen LogP contribution in [-0.2, 0) is 9.47 Å². The van der Waals surface area contributed by atoms with Gasteiger partial charge in [0.15, 0.2) is 6.29 Å². The van der Waals surface area contributed by atoms with Crippen molar-refractivity contribution in [2.75, 3.05) is 13.2 Å². The Kier molecular flexibility index (Phi) is 4.41. The van der Waals surface area contributed by atoms with Crippen molar-refractivity contribution >= 4 is 0 Å². The minimum Gasteiger partial charge on any atom is -0.348 e. The normalized spacial score (nSPS) is 33.7. The largest absolute Gasteiger partial charge is 0.348 e. The van der Waals surface area contributed by atoms with Gasteiger partial charge in [0.05, 0.1) is 13.2 Å². The van der Waals surface area contributed by atoms with Gasteiger partial charge < -0.3 is 9.47 Å². The molecule has 2 fully saturated rings. The van der Waals surface area contributed by atoms with Crippen LogP contribution in [0.2, 0.25) is 0 Å². The maximum atomic E-state index is 5.91. The Hall–Kier alpha value is -0.860. The van der Waals surface area contributed by atoms with Crippen molar-refractivity contribution in [3.8, 4) is 0 Å². The highest BCUT2D eigenvalue weighted by molar-refractivity contribution is 5.16. The highest BCUT2D eigenvalue weighted by Gasteiger charge is 2.54. The predicted molar refractivity (Wildman–Crippen MR) is 73.3 cm³/mol. The zero-order chi connectivity index (χ0) is 13.0. The molecule has 0 bridgehead atoms. The molecule has 0 spiro atoms. The Morgan fingerprint density at radius 3 is 2.56 bits per heavy atom. The SMILES string of the molecule is CC.CCC12COC(c3ccccc3)OCC1C2. The molecule has 3 unspecified atom stereocenters. The van der Waals surface area contributed by atoms with Gasteiger partial charge in [0.1, 0.15) is 0 Å². The molecule has 0 N–H and O–H groups in total. The van der Waals surface area contributed by atoms with Gasteiger partial charge in [-0.25, -0.2) is 0 Å². The van der Waals surface area contributed by atoms with Crippen LogP contribution >= 0.6 is 0 Å². The first-order chi connectivity index (χ1) is 8.84. The van der Waals surface area contributed by atoms with E-state index in [0.29, 0.717) is 5.41 Å². The molecule has 1 aromatic carbocycles. The van der Waals surface area contributed by atoms with Gasteiger partial charge in [0.2, 0.25) is 0 Å². The summed E-state index contributed by atoms with van der Waals surface area (Å²) < 4.78 is 11.8. The van der Waals surface area contributed by atoms with Crippen molar-refractivity contribution in [1.82, 2.24) is 0 Å². The summed E-state index contributed by atoms with van der Waals surface area (Å²) in [7, 11) is 0. The summed E-state index contributed by atoms with van der Waals surface area (Å²) in [4.78, 5) is 0. The number of benzene rings is 1. The van der Waals surface area contributed by atoms with Gasteiger partial charge in [-0.3, -0.25) is 0 Å². The third-order valence-electron chi connectivity index (χ3n) is 4.11. The molecule has 0 amide bonds. The Morgan fingerprint density at radius 2 is 1.89 bits per heavy atom. The molecule has 1 aromatic rings. The zero-order valence-electron chi connectivity index (χ0n) is 11.7. The fraction of sp³-hybridized carbons (Fsp3) is 0.625. The van der Waals surface area contributed by atoms with E-state index in [1.54, 1.807) is 0 Å². The van der Waals surface area contributed by atoms with Crippen LogP contribution in [0.25, 0.3) is 0 Å². The number of rotatable bonds is 2. The van der Waals surface area contributed by atoms with Crippen LogP contribution in [0.4, 0.5) is 0 Å². The second-order valence-corrected chi connectivity index (χ2v) is 5.00. The van der Waals surface area contributed by atoms with Crippen LogP contribution in [-0.4, -0.2) is 13.2 Å². The van der Waals surface area contributed by atoms with Crippen molar-refractivity contribution in [3.05, 3.63) is 35.9 Å². The standard InChI is InChI=1S/C14H18O2.C2H6/c1-2-14-8-12(14)9-15-13(16-10-14)11-6-4-3-5-7-11;1-2/h3-7,12-13H,2,8-10H2,1H3;1-2H3. The topological polar surface area (TPSA) is 18.5 Å². The molecule has 100 valence electrons. The van der Waals surface area contributed by atoms with Gasteiger partial charge in [-0.15, -0.1) is 0 Å². The van der Waals surface area contributed by atoms with Crippen LogP contribution in [0.1, 0.15) is 45.5 Å². The van der Waals surface area contributed by atoms with Gasteiger partial charge in [0, 0.05) is 5.56 Å². The van der Waals surface area contributed by atoms with Crippen LogP contribution in [0.5, 0.6) is 0 Å². The average Bonchev–Trinajstić information content (AvgIpc) is 3.17. The third-order valence-corrected chi connectivity index (χ3v) is 4.11. The third kappa shape index (κ3) is 2.60. The Morgan fingerprint density at radius 1 is 1.17 bits per heavy atom. The van der Waals surface area contributed by atoms with Crippen LogP contribution < -0.4 is 0 Å². The fourth-order valence-electron chi connectivity index (χ4n) is 2.68. The minimum absolute atomic E-state index is 0.155. The van der Waals surface area contributed by atoms with Gasteiger partial charge in [-0.1, -0.05) is 51.1 Å². The molecule has 0 radical (unpaired) electrons. The molecular formula is C16H24O2. The first kappa shape index (κ1) is 13.6. The van der Waals surface area contributed by atoms with Crippen LogP contribution in [0, 0.1) is 11.3 Å². The molecule has 1 aliphatic carbocycles.